The molecule has 2 aromatic carbocycles. The maximum atomic E-state index is 4.78. The number of benzene rings is 2. The Balaban J connectivity index is 1.48. The van der Waals surface area contributed by atoms with Gasteiger partial charge in [-0.25, -0.2) is 4.98 Å². The highest BCUT2D eigenvalue weighted by Crippen LogP contribution is 2.23. The third-order valence-corrected chi connectivity index (χ3v) is 4.96. The van der Waals surface area contributed by atoms with E-state index in [9.17, 15) is 0 Å². The van der Waals surface area contributed by atoms with Crippen LogP contribution in [0, 0.1) is 13.8 Å². The first-order chi connectivity index (χ1) is 13.2. The molecule has 0 aliphatic carbocycles. The average molecular weight is 359 g/mol. The number of aryl methyl sites for hydroxylation is 2. The van der Waals surface area contributed by atoms with Crippen LogP contribution < -0.4 is 15.1 Å². The van der Waals surface area contributed by atoms with Crippen molar-refractivity contribution in [1.29, 1.82) is 0 Å². The van der Waals surface area contributed by atoms with Gasteiger partial charge in [-0.1, -0.05) is 36.4 Å². The Labute approximate surface area is 160 Å². The molecule has 4 rings (SSSR count). The maximum absolute atomic E-state index is 4.78. The van der Waals surface area contributed by atoms with E-state index < -0.39 is 0 Å². The molecule has 0 radical (unpaired) electrons. The van der Waals surface area contributed by atoms with E-state index in [2.05, 4.69) is 75.6 Å². The predicted molar refractivity (Wildman–Crippen MR) is 112 cm³/mol. The van der Waals surface area contributed by atoms with Gasteiger partial charge in [0.15, 0.2) is 0 Å². The van der Waals surface area contributed by atoms with Crippen LogP contribution in [0.25, 0.3) is 0 Å². The molecule has 0 atom stereocenters. The predicted octanol–water partition coefficient (Wildman–Crippen LogP) is 4.16. The van der Waals surface area contributed by atoms with Crippen LogP contribution in [0.4, 0.5) is 23.1 Å². The SMILES string of the molecule is Cc1cc(N2CCN(c3ccccc3)CC2)nc(Nc2ccccc2C)n1. The zero-order valence-corrected chi connectivity index (χ0v) is 15.9. The Hall–Kier alpha value is -3.08. The molecule has 0 spiro atoms. The molecule has 0 bridgehead atoms. The van der Waals surface area contributed by atoms with Crippen molar-refractivity contribution in [2.24, 2.45) is 0 Å². The van der Waals surface area contributed by atoms with Crippen LogP contribution in [0.1, 0.15) is 11.3 Å². The molecule has 5 heteroatoms. The number of hydrogen-bond acceptors (Lipinski definition) is 5. The van der Waals surface area contributed by atoms with Gasteiger partial charge in [0.1, 0.15) is 5.82 Å². The van der Waals surface area contributed by atoms with Crippen molar-refractivity contribution < 1.29 is 0 Å². The lowest BCUT2D eigenvalue weighted by molar-refractivity contribution is 0.647. The van der Waals surface area contributed by atoms with Crippen molar-refractivity contribution in [3.05, 3.63) is 71.9 Å². The summed E-state index contributed by atoms with van der Waals surface area (Å²) in [4.78, 5) is 14.1. The van der Waals surface area contributed by atoms with E-state index in [1.807, 2.05) is 19.1 Å². The summed E-state index contributed by atoms with van der Waals surface area (Å²) in [7, 11) is 0. The quantitative estimate of drug-likeness (QED) is 0.758. The van der Waals surface area contributed by atoms with E-state index in [0.29, 0.717) is 5.95 Å². The van der Waals surface area contributed by atoms with Crippen LogP contribution in [0.2, 0.25) is 0 Å². The monoisotopic (exact) mass is 359 g/mol. The highest BCUT2D eigenvalue weighted by Gasteiger charge is 2.19. The largest absolute Gasteiger partial charge is 0.368 e. The fourth-order valence-electron chi connectivity index (χ4n) is 3.44. The third kappa shape index (κ3) is 4.03. The van der Waals surface area contributed by atoms with Gasteiger partial charge < -0.3 is 15.1 Å². The summed E-state index contributed by atoms with van der Waals surface area (Å²) in [5.41, 5.74) is 4.49. The van der Waals surface area contributed by atoms with Crippen molar-refractivity contribution in [3.63, 3.8) is 0 Å². The Morgan fingerprint density at radius 1 is 0.778 bits per heavy atom. The average Bonchev–Trinajstić information content (AvgIpc) is 2.70. The number of rotatable bonds is 4. The minimum absolute atomic E-state index is 0.657. The lowest BCUT2D eigenvalue weighted by Gasteiger charge is -2.36. The van der Waals surface area contributed by atoms with Gasteiger partial charge >= 0.3 is 0 Å². The van der Waals surface area contributed by atoms with Gasteiger partial charge in [-0.2, -0.15) is 4.98 Å². The van der Waals surface area contributed by atoms with Gasteiger partial charge in [0.2, 0.25) is 5.95 Å². The highest BCUT2D eigenvalue weighted by molar-refractivity contribution is 5.59. The summed E-state index contributed by atoms with van der Waals surface area (Å²) in [5.74, 6) is 1.65. The fourth-order valence-corrected chi connectivity index (χ4v) is 3.44. The Morgan fingerprint density at radius 2 is 1.44 bits per heavy atom. The van der Waals surface area contributed by atoms with Crippen LogP contribution in [-0.4, -0.2) is 36.1 Å². The Kier molecular flexibility index (Phi) is 4.92. The minimum atomic E-state index is 0.657. The molecule has 0 amide bonds. The molecule has 5 nitrogen and oxygen atoms in total. The van der Waals surface area contributed by atoms with Gasteiger partial charge in [0.25, 0.3) is 0 Å². The number of hydrogen-bond donors (Lipinski definition) is 1. The maximum Gasteiger partial charge on any atom is 0.229 e. The van der Waals surface area contributed by atoms with Crippen LogP contribution in [0.5, 0.6) is 0 Å². The lowest BCUT2D eigenvalue weighted by atomic mass is 10.2. The topological polar surface area (TPSA) is 44.3 Å². The van der Waals surface area contributed by atoms with Gasteiger partial charge in [0.05, 0.1) is 0 Å². The number of nitrogens with zero attached hydrogens (tertiary/aromatic N) is 4. The van der Waals surface area contributed by atoms with Crippen LogP contribution in [0.3, 0.4) is 0 Å². The lowest BCUT2D eigenvalue weighted by Crippen LogP contribution is -2.46. The standard InChI is InChI=1S/C22H25N5/c1-17-8-6-7-11-20(17)24-22-23-18(2)16-21(25-22)27-14-12-26(13-15-27)19-9-4-3-5-10-19/h3-11,16H,12-15H2,1-2H3,(H,23,24,25). The molecule has 1 aliphatic heterocycles. The van der Waals surface area contributed by atoms with Gasteiger partial charge in [-0.05, 0) is 37.6 Å². The molecule has 1 fully saturated rings. The van der Waals surface area contributed by atoms with E-state index in [0.717, 1.165) is 43.4 Å². The molecule has 1 N–H and O–H groups in total. The number of piperazine rings is 1. The normalized spacial score (nSPS) is 14.3. The third-order valence-electron chi connectivity index (χ3n) is 4.96. The van der Waals surface area contributed by atoms with E-state index in [4.69, 9.17) is 4.98 Å². The minimum Gasteiger partial charge on any atom is -0.368 e. The summed E-state index contributed by atoms with van der Waals surface area (Å²) >= 11 is 0. The molecule has 3 aromatic rings. The summed E-state index contributed by atoms with van der Waals surface area (Å²) in [6.45, 7) is 8.00. The first-order valence-electron chi connectivity index (χ1n) is 9.42. The molecule has 0 unspecified atom stereocenters. The van der Waals surface area contributed by atoms with Crippen molar-refractivity contribution >= 4 is 23.1 Å². The van der Waals surface area contributed by atoms with Gasteiger partial charge in [-0.15, -0.1) is 0 Å². The van der Waals surface area contributed by atoms with Gasteiger partial charge in [-0.3, -0.25) is 0 Å². The molecule has 2 heterocycles. The van der Waals surface area contributed by atoms with Gasteiger partial charge in [0, 0.05) is 49.3 Å². The molecule has 1 aromatic heterocycles. The summed E-state index contributed by atoms with van der Waals surface area (Å²) in [6, 6.07) is 20.9. The number of para-hydroxylation sites is 2. The van der Waals surface area contributed by atoms with Crippen LogP contribution in [0.15, 0.2) is 60.7 Å². The summed E-state index contributed by atoms with van der Waals surface area (Å²) in [5, 5.41) is 3.37. The summed E-state index contributed by atoms with van der Waals surface area (Å²) < 4.78 is 0. The second-order valence-electron chi connectivity index (χ2n) is 6.94. The van der Waals surface area contributed by atoms with E-state index >= 15 is 0 Å². The van der Waals surface area contributed by atoms with Crippen molar-refractivity contribution in [2.45, 2.75) is 13.8 Å². The number of anilines is 4. The molecule has 0 saturated carbocycles. The van der Waals surface area contributed by atoms with E-state index in [1.54, 1.807) is 0 Å². The number of nitrogens with one attached hydrogen (secondary N) is 1. The van der Waals surface area contributed by atoms with Crippen molar-refractivity contribution in [3.8, 4) is 0 Å². The molecular weight excluding hydrogens is 334 g/mol. The number of aromatic nitrogens is 2. The Bertz CT molecular complexity index is 902. The molecular formula is C22H25N5. The zero-order chi connectivity index (χ0) is 18.6. The van der Waals surface area contributed by atoms with Crippen molar-refractivity contribution in [2.75, 3.05) is 41.3 Å². The highest BCUT2D eigenvalue weighted by atomic mass is 15.3. The zero-order valence-electron chi connectivity index (χ0n) is 15.9. The first-order valence-corrected chi connectivity index (χ1v) is 9.42. The fraction of sp³-hybridized carbons (Fsp3) is 0.273. The van der Waals surface area contributed by atoms with Crippen molar-refractivity contribution in [1.82, 2.24) is 9.97 Å². The Morgan fingerprint density at radius 3 is 2.19 bits per heavy atom. The first kappa shape index (κ1) is 17.3. The smallest absolute Gasteiger partial charge is 0.229 e. The van der Waals surface area contributed by atoms with E-state index in [-0.39, 0.29) is 0 Å². The molecule has 1 saturated heterocycles. The van der Waals surface area contributed by atoms with Crippen LogP contribution >= 0.6 is 0 Å². The van der Waals surface area contributed by atoms with Crippen LogP contribution in [-0.2, 0) is 0 Å². The molecule has 138 valence electrons. The second kappa shape index (κ2) is 7.66. The molecule has 1 aliphatic rings. The second-order valence-corrected chi connectivity index (χ2v) is 6.94. The molecule has 27 heavy (non-hydrogen) atoms. The van der Waals surface area contributed by atoms with E-state index in [1.165, 1.54) is 11.3 Å². The summed E-state index contributed by atoms with van der Waals surface area (Å²) in [6.07, 6.45) is 0.